The molecule has 0 spiro atoms. The van der Waals surface area contributed by atoms with E-state index in [2.05, 4.69) is 31.0 Å². The van der Waals surface area contributed by atoms with E-state index in [0.29, 0.717) is 17.2 Å². The number of hydrogen-bond donors (Lipinski definition) is 2. The number of nitrogens with zero attached hydrogens (tertiary/aromatic N) is 1. The van der Waals surface area contributed by atoms with E-state index in [-0.39, 0.29) is 10.2 Å². The summed E-state index contributed by atoms with van der Waals surface area (Å²) in [6.45, 7) is 0. The summed E-state index contributed by atoms with van der Waals surface area (Å²) in [6, 6.07) is 7.40. The van der Waals surface area contributed by atoms with Gasteiger partial charge in [0.05, 0.1) is 10.2 Å². The number of nitrogens with two attached hydrogens (primary N) is 1. The van der Waals surface area contributed by atoms with E-state index < -0.39 is 6.36 Å². The Balaban J connectivity index is 2.19. The van der Waals surface area contributed by atoms with Gasteiger partial charge >= 0.3 is 6.36 Å². The maximum atomic E-state index is 12.1. The number of hydrogen-bond acceptors (Lipinski definition) is 4. The van der Waals surface area contributed by atoms with Crippen molar-refractivity contribution in [2.75, 3.05) is 11.1 Å². The lowest BCUT2D eigenvalue weighted by molar-refractivity contribution is -0.274. The number of nitrogens with one attached hydrogen (secondary N) is 1. The second-order valence-electron chi connectivity index (χ2n) is 3.76. The fraction of sp³-hybridized carbons (Fsp3) is 0.0833. The molecule has 1 aromatic heterocycles. The third kappa shape index (κ3) is 3.77. The van der Waals surface area contributed by atoms with Crippen LogP contribution >= 0.6 is 15.9 Å². The van der Waals surface area contributed by atoms with Crippen LogP contribution in [0.15, 0.2) is 41.0 Å². The van der Waals surface area contributed by atoms with Gasteiger partial charge in [0.15, 0.2) is 5.82 Å². The van der Waals surface area contributed by atoms with Gasteiger partial charge in [-0.3, -0.25) is 0 Å². The van der Waals surface area contributed by atoms with Gasteiger partial charge in [0.1, 0.15) is 5.75 Å². The predicted octanol–water partition coefficient (Wildman–Crippen LogP) is 4.07. The van der Waals surface area contributed by atoms with Crippen molar-refractivity contribution in [3.8, 4) is 5.75 Å². The van der Waals surface area contributed by atoms with Gasteiger partial charge in [0, 0.05) is 11.9 Å². The molecule has 0 saturated carbocycles. The number of rotatable bonds is 3. The molecule has 0 aliphatic carbocycles. The van der Waals surface area contributed by atoms with Crippen LogP contribution in [0.4, 0.5) is 30.4 Å². The molecule has 0 amide bonds. The van der Waals surface area contributed by atoms with E-state index in [1.165, 1.54) is 18.2 Å². The maximum Gasteiger partial charge on any atom is 0.573 e. The molecule has 8 heteroatoms. The molecule has 1 heterocycles. The zero-order valence-corrected chi connectivity index (χ0v) is 11.5. The Hall–Kier alpha value is -1.96. The van der Waals surface area contributed by atoms with E-state index in [0.717, 1.165) is 0 Å². The van der Waals surface area contributed by atoms with Gasteiger partial charge in [-0.25, -0.2) is 4.98 Å². The van der Waals surface area contributed by atoms with Gasteiger partial charge in [-0.05, 0) is 46.3 Å². The Bertz CT molecular complexity index is 619. The highest BCUT2D eigenvalue weighted by atomic mass is 79.9. The fourth-order valence-electron chi connectivity index (χ4n) is 1.44. The van der Waals surface area contributed by atoms with Crippen molar-refractivity contribution < 1.29 is 17.9 Å². The molecule has 0 atom stereocenters. The van der Waals surface area contributed by atoms with Crippen molar-refractivity contribution in [1.29, 1.82) is 0 Å². The lowest BCUT2D eigenvalue weighted by Crippen LogP contribution is -2.17. The number of alkyl halides is 3. The number of nitrogen functional groups attached to an aromatic ring is 1. The molecule has 0 unspecified atom stereocenters. The van der Waals surface area contributed by atoms with Crippen LogP contribution in [0.2, 0.25) is 0 Å². The molecule has 106 valence electrons. The molecule has 4 nitrogen and oxygen atoms in total. The number of benzene rings is 1. The molecular formula is C12H9BrF3N3O. The van der Waals surface area contributed by atoms with Gasteiger partial charge in [-0.2, -0.15) is 0 Å². The van der Waals surface area contributed by atoms with Crippen molar-refractivity contribution in [2.24, 2.45) is 0 Å². The largest absolute Gasteiger partial charge is 0.573 e. The number of anilines is 3. The van der Waals surface area contributed by atoms with Crippen LogP contribution in [0.3, 0.4) is 0 Å². The molecule has 2 rings (SSSR count). The van der Waals surface area contributed by atoms with Crippen molar-refractivity contribution in [2.45, 2.75) is 6.36 Å². The maximum absolute atomic E-state index is 12.1. The van der Waals surface area contributed by atoms with Gasteiger partial charge in [-0.15, -0.1) is 13.2 Å². The number of ether oxygens (including phenoxy) is 1. The lowest BCUT2D eigenvalue weighted by Gasteiger charge is -2.12. The van der Waals surface area contributed by atoms with Crippen LogP contribution < -0.4 is 15.8 Å². The standard InChI is InChI=1S/C12H9BrF3N3O/c13-8-6-7(3-4-10(8)20-12(14,15)16)19-11-9(17)2-1-5-18-11/h1-6H,17H2,(H,18,19). The molecule has 20 heavy (non-hydrogen) atoms. The average Bonchev–Trinajstić information content (AvgIpc) is 2.34. The van der Waals surface area contributed by atoms with E-state index >= 15 is 0 Å². The predicted molar refractivity (Wildman–Crippen MR) is 72.8 cm³/mol. The molecule has 0 saturated heterocycles. The minimum absolute atomic E-state index is 0.161. The second kappa shape index (κ2) is 5.58. The summed E-state index contributed by atoms with van der Waals surface area (Å²) >= 11 is 3.02. The van der Waals surface area contributed by atoms with Crippen LogP contribution in [0, 0.1) is 0 Å². The Morgan fingerprint density at radius 3 is 2.60 bits per heavy atom. The molecule has 0 bridgehead atoms. The van der Waals surface area contributed by atoms with Crippen molar-refractivity contribution in [3.05, 3.63) is 41.0 Å². The van der Waals surface area contributed by atoms with E-state index in [1.807, 2.05) is 0 Å². The van der Waals surface area contributed by atoms with Gasteiger partial charge in [0.25, 0.3) is 0 Å². The Morgan fingerprint density at radius 1 is 1.25 bits per heavy atom. The summed E-state index contributed by atoms with van der Waals surface area (Å²) in [7, 11) is 0. The first-order chi connectivity index (χ1) is 9.35. The Labute approximate surface area is 120 Å². The molecule has 1 aromatic carbocycles. The molecule has 0 fully saturated rings. The highest BCUT2D eigenvalue weighted by Crippen LogP contribution is 2.33. The van der Waals surface area contributed by atoms with Crippen LogP contribution in [-0.4, -0.2) is 11.3 Å². The quantitative estimate of drug-likeness (QED) is 0.878. The summed E-state index contributed by atoms with van der Waals surface area (Å²) in [4.78, 5) is 4.02. The van der Waals surface area contributed by atoms with Crippen molar-refractivity contribution >= 4 is 33.1 Å². The van der Waals surface area contributed by atoms with Crippen molar-refractivity contribution in [3.63, 3.8) is 0 Å². The first kappa shape index (κ1) is 14.4. The zero-order chi connectivity index (χ0) is 14.8. The first-order valence-corrected chi connectivity index (χ1v) is 6.17. The SMILES string of the molecule is Nc1cccnc1Nc1ccc(OC(F)(F)F)c(Br)c1. The molecule has 0 aliphatic rings. The Kier molecular flexibility index (Phi) is 4.03. The van der Waals surface area contributed by atoms with Crippen molar-refractivity contribution in [1.82, 2.24) is 4.98 Å². The van der Waals surface area contributed by atoms with Crippen LogP contribution in [-0.2, 0) is 0 Å². The summed E-state index contributed by atoms with van der Waals surface area (Å²) in [6.07, 6.45) is -3.18. The summed E-state index contributed by atoms with van der Waals surface area (Å²) in [5.41, 5.74) is 6.66. The van der Waals surface area contributed by atoms with E-state index in [1.54, 1.807) is 18.3 Å². The highest BCUT2D eigenvalue weighted by molar-refractivity contribution is 9.10. The summed E-state index contributed by atoms with van der Waals surface area (Å²) in [5, 5.41) is 2.90. The lowest BCUT2D eigenvalue weighted by atomic mass is 10.3. The van der Waals surface area contributed by atoms with Crippen LogP contribution in [0.25, 0.3) is 0 Å². The minimum Gasteiger partial charge on any atom is -0.405 e. The summed E-state index contributed by atoms with van der Waals surface area (Å²) in [5.74, 6) is 0.0981. The number of halogens is 4. The third-order valence-corrected chi connectivity index (χ3v) is 2.88. The van der Waals surface area contributed by atoms with Gasteiger partial charge in [-0.1, -0.05) is 0 Å². The molecule has 0 radical (unpaired) electrons. The number of aromatic nitrogens is 1. The second-order valence-corrected chi connectivity index (χ2v) is 4.61. The van der Waals surface area contributed by atoms with E-state index in [9.17, 15) is 13.2 Å². The van der Waals surface area contributed by atoms with Gasteiger partial charge < -0.3 is 15.8 Å². The first-order valence-electron chi connectivity index (χ1n) is 5.38. The fourth-order valence-corrected chi connectivity index (χ4v) is 1.90. The van der Waals surface area contributed by atoms with Gasteiger partial charge in [0.2, 0.25) is 0 Å². The smallest absolute Gasteiger partial charge is 0.405 e. The summed E-state index contributed by atoms with van der Waals surface area (Å²) < 4.78 is 40.4. The minimum atomic E-state index is -4.73. The zero-order valence-electron chi connectivity index (χ0n) is 9.91. The number of pyridine rings is 1. The normalized spacial score (nSPS) is 11.2. The topological polar surface area (TPSA) is 60.2 Å². The molecule has 3 N–H and O–H groups in total. The molecule has 2 aromatic rings. The third-order valence-electron chi connectivity index (χ3n) is 2.26. The van der Waals surface area contributed by atoms with E-state index in [4.69, 9.17) is 5.73 Å². The molecule has 0 aliphatic heterocycles. The van der Waals surface area contributed by atoms with Crippen LogP contribution in [0.5, 0.6) is 5.75 Å². The molecular weight excluding hydrogens is 339 g/mol. The van der Waals surface area contributed by atoms with Crippen LogP contribution in [0.1, 0.15) is 0 Å². The monoisotopic (exact) mass is 347 g/mol. The average molecular weight is 348 g/mol. The highest BCUT2D eigenvalue weighted by Gasteiger charge is 2.31. The Morgan fingerprint density at radius 2 is 2.00 bits per heavy atom.